The van der Waals surface area contributed by atoms with Crippen LogP contribution in [0.5, 0.6) is 0 Å². The smallest absolute Gasteiger partial charge is 0.417 e. The molecular formula is C30H36N2O5. The largest absolute Gasteiger partial charge is 0.474 e. The van der Waals surface area contributed by atoms with Crippen LogP contribution in [0, 0.1) is 11.3 Å². The van der Waals surface area contributed by atoms with E-state index in [2.05, 4.69) is 13.8 Å². The summed E-state index contributed by atoms with van der Waals surface area (Å²) in [6.07, 6.45) is 5.77. The first-order chi connectivity index (χ1) is 17.4. The number of fused-ring (bicyclic) bond motifs is 2. The van der Waals surface area contributed by atoms with E-state index in [1.54, 1.807) is 38.7 Å². The van der Waals surface area contributed by atoms with Crippen LogP contribution in [-0.4, -0.2) is 40.7 Å². The average molecular weight is 505 g/mol. The van der Waals surface area contributed by atoms with Gasteiger partial charge >= 0.3 is 6.09 Å². The molecule has 0 spiro atoms. The Labute approximate surface area is 218 Å². The van der Waals surface area contributed by atoms with Crippen LogP contribution in [0.25, 0.3) is 0 Å². The fourth-order valence-electron chi connectivity index (χ4n) is 6.31. The predicted molar refractivity (Wildman–Crippen MR) is 140 cm³/mol. The lowest BCUT2D eigenvalue weighted by Gasteiger charge is -2.38. The van der Waals surface area contributed by atoms with Gasteiger partial charge in [-0.2, -0.15) is 0 Å². The molecule has 1 saturated heterocycles. The number of imide groups is 1. The van der Waals surface area contributed by atoms with E-state index < -0.39 is 17.9 Å². The van der Waals surface area contributed by atoms with Crippen molar-refractivity contribution in [3.63, 3.8) is 0 Å². The molecule has 1 fully saturated rings. The van der Waals surface area contributed by atoms with Crippen LogP contribution < -0.4 is 4.90 Å². The Bertz CT molecular complexity index is 1230. The number of amides is 3. The number of carbonyl (C=O) groups excluding carboxylic acids is 3. The zero-order chi connectivity index (χ0) is 26.7. The molecular weight excluding hydrogens is 468 g/mol. The number of anilines is 1. The summed E-state index contributed by atoms with van der Waals surface area (Å²) in [5.74, 6) is -0.705. The molecule has 37 heavy (non-hydrogen) atoms. The third-order valence-electron chi connectivity index (χ3n) is 7.84. The SMILES string of the molecule is CC1=CC(OC=C2C(=O)N(C(=O)OC(C)(C)C)C3C4=C(CCCC4(C)C)CC23)N(c2ccccc2)C1=O. The number of carbonyl (C=O) groups is 3. The molecule has 196 valence electrons. The minimum atomic E-state index is -0.726. The van der Waals surface area contributed by atoms with Gasteiger partial charge in [0.25, 0.3) is 11.8 Å². The molecule has 7 heteroatoms. The van der Waals surface area contributed by atoms with Crippen LogP contribution in [0.3, 0.4) is 0 Å². The van der Waals surface area contributed by atoms with Crippen molar-refractivity contribution < 1.29 is 23.9 Å². The lowest BCUT2D eigenvalue weighted by Crippen LogP contribution is -2.45. The first kappa shape index (κ1) is 25.3. The van der Waals surface area contributed by atoms with E-state index >= 15 is 0 Å². The quantitative estimate of drug-likeness (QED) is 0.292. The Morgan fingerprint density at radius 2 is 1.81 bits per heavy atom. The van der Waals surface area contributed by atoms with Crippen LogP contribution in [0.1, 0.15) is 67.2 Å². The van der Waals surface area contributed by atoms with Crippen LogP contribution in [0.15, 0.2) is 65.0 Å². The highest BCUT2D eigenvalue weighted by Gasteiger charge is 2.57. The van der Waals surface area contributed by atoms with Crippen LogP contribution in [-0.2, 0) is 19.1 Å². The van der Waals surface area contributed by atoms with Gasteiger partial charge in [-0.1, -0.05) is 37.6 Å². The summed E-state index contributed by atoms with van der Waals surface area (Å²) in [5.41, 5.74) is 3.47. The van der Waals surface area contributed by atoms with Gasteiger partial charge in [-0.15, -0.1) is 0 Å². The first-order valence-electron chi connectivity index (χ1n) is 13.1. The van der Waals surface area contributed by atoms with Crippen LogP contribution in [0.4, 0.5) is 10.5 Å². The number of allylic oxidation sites excluding steroid dienone is 1. The van der Waals surface area contributed by atoms with Crippen molar-refractivity contribution in [1.82, 2.24) is 4.90 Å². The van der Waals surface area contributed by atoms with Gasteiger partial charge in [0, 0.05) is 17.2 Å². The van der Waals surface area contributed by atoms with Crippen LogP contribution >= 0.6 is 0 Å². The molecule has 0 N–H and O–H groups in total. The zero-order valence-electron chi connectivity index (χ0n) is 22.5. The second-order valence-electron chi connectivity index (χ2n) is 12.1. The first-order valence-corrected chi connectivity index (χ1v) is 13.1. The van der Waals surface area contributed by atoms with E-state index in [4.69, 9.17) is 9.47 Å². The van der Waals surface area contributed by atoms with Crippen molar-refractivity contribution in [2.24, 2.45) is 11.3 Å². The number of rotatable bonds is 3. The number of nitrogens with zero attached hydrogens (tertiary/aromatic N) is 2. The van der Waals surface area contributed by atoms with Gasteiger partial charge in [0.2, 0.25) is 0 Å². The maximum atomic E-state index is 13.8. The molecule has 1 aromatic carbocycles. The molecule has 3 amide bonds. The third-order valence-corrected chi connectivity index (χ3v) is 7.84. The average Bonchev–Trinajstić information content (AvgIpc) is 3.40. The normalized spacial score (nSPS) is 28.0. The summed E-state index contributed by atoms with van der Waals surface area (Å²) in [6.45, 7) is 11.6. The Balaban J connectivity index is 1.49. The Morgan fingerprint density at radius 1 is 1.11 bits per heavy atom. The second kappa shape index (κ2) is 8.89. The van der Waals surface area contributed by atoms with Crippen molar-refractivity contribution in [2.45, 2.75) is 85.1 Å². The topological polar surface area (TPSA) is 76.2 Å². The maximum absolute atomic E-state index is 13.8. The predicted octanol–water partition coefficient (Wildman–Crippen LogP) is 5.88. The van der Waals surface area contributed by atoms with E-state index in [9.17, 15) is 14.4 Å². The molecule has 3 unspecified atom stereocenters. The number of hydrogen-bond acceptors (Lipinski definition) is 5. The summed E-state index contributed by atoms with van der Waals surface area (Å²) in [4.78, 5) is 42.9. The lowest BCUT2D eigenvalue weighted by molar-refractivity contribution is -0.125. The summed E-state index contributed by atoms with van der Waals surface area (Å²) in [5, 5.41) is 0. The highest BCUT2D eigenvalue weighted by molar-refractivity contribution is 6.08. The molecule has 0 radical (unpaired) electrons. The third kappa shape index (κ3) is 4.38. The zero-order valence-corrected chi connectivity index (χ0v) is 22.5. The van der Waals surface area contributed by atoms with Gasteiger partial charge in [0.05, 0.1) is 17.9 Å². The highest BCUT2D eigenvalue weighted by Crippen LogP contribution is 2.56. The van der Waals surface area contributed by atoms with E-state index in [0.717, 1.165) is 31.4 Å². The van der Waals surface area contributed by atoms with E-state index in [1.807, 2.05) is 30.3 Å². The number of likely N-dealkylation sites (tertiary alicyclic amines) is 1. The van der Waals surface area contributed by atoms with Crippen molar-refractivity contribution in [3.05, 3.63) is 65.0 Å². The molecule has 0 aromatic heterocycles. The molecule has 2 aliphatic carbocycles. The van der Waals surface area contributed by atoms with E-state index in [-0.39, 0.29) is 29.2 Å². The van der Waals surface area contributed by atoms with Crippen molar-refractivity contribution in [2.75, 3.05) is 4.90 Å². The fraction of sp³-hybridized carbons (Fsp3) is 0.500. The number of para-hydroxylation sites is 1. The van der Waals surface area contributed by atoms with Crippen LogP contribution in [0.2, 0.25) is 0 Å². The van der Waals surface area contributed by atoms with Gasteiger partial charge in [-0.05, 0) is 82.6 Å². The molecule has 7 nitrogen and oxygen atoms in total. The Hall–Kier alpha value is -3.35. The number of hydrogen-bond donors (Lipinski definition) is 0. The Morgan fingerprint density at radius 3 is 2.49 bits per heavy atom. The molecule has 0 bridgehead atoms. The monoisotopic (exact) mass is 504 g/mol. The van der Waals surface area contributed by atoms with Gasteiger partial charge in [-0.25, -0.2) is 9.69 Å². The highest BCUT2D eigenvalue weighted by atomic mass is 16.6. The van der Waals surface area contributed by atoms with Crippen molar-refractivity contribution in [3.8, 4) is 0 Å². The summed E-state index contributed by atoms with van der Waals surface area (Å²) in [7, 11) is 0. The maximum Gasteiger partial charge on any atom is 0.417 e. The van der Waals surface area contributed by atoms with E-state index in [1.165, 1.54) is 22.3 Å². The molecule has 5 rings (SSSR count). The molecule has 3 atom stereocenters. The molecule has 4 aliphatic rings. The standard InChI is InChI=1S/C30H36N2O5/c1-18-15-23(31(26(18)33)20-12-8-7-9-13-20)36-17-22-21-16-19-11-10-14-30(5,6)24(19)25(21)32(27(22)34)28(35)37-29(2,3)4/h7-9,12-13,15,17,21,23,25H,10-11,14,16H2,1-6H3. The lowest BCUT2D eigenvalue weighted by atomic mass is 9.72. The fourth-order valence-corrected chi connectivity index (χ4v) is 6.31. The minimum absolute atomic E-state index is 0.105. The van der Waals surface area contributed by atoms with Gasteiger partial charge in [0.1, 0.15) is 5.60 Å². The molecule has 1 aromatic rings. The summed E-state index contributed by atoms with van der Waals surface area (Å²) < 4.78 is 11.8. The molecule has 0 saturated carbocycles. The number of benzene rings is 1. The van der Waals surface area contributed by atoms with Gasteiger partial charge in [0.15, 0.2) is 6.23 Å². The molecule has 2 heterocycles. The molecule has 2 aliphatic heterocycles. The van der Waals surface area contributed by atoms with Crippen molar-refractivity contribution in [1.29, 1.82) is 0 Å². The second-order valence-corrected chi connectivity index (χ2v) is 12.1. The van der Waals surface area contributed by atoms with Crippen molar-refractivity contribution >= 4 is 23.6 Å². The summed E-state index contributed by atoms with van der Waals surface area (Å²) in [6, 6.07) is 8.96. The van der Waals surface area contributed by atoms with Gasteiger partial charge < -0.3 is 9.47 Å². The Kier molecular flexibility index (Phi) is 6.08. The van der Waals surface area contributed by atoms with E-state index in [0.29, 0.717) is 11.1 Å². The van der Waals surface area contributed by atoms with Gasteiger partial charge in [-0.3, -0.25) is 14.5 Å². The number of ether oxygens (including phenoxy) is 2. The minimum Gasteiger partial charge on any atom is -0.474 e. The summed E-state index contributed by atoms with van der Waals surface area (Å²) >= 11 is 0.